The highest BCUT2D eigenvalue weighted by molar-refractivity contribution is 6.25. The van der Waals surface area contributed by atoms with Gasteiger partial charge in [0.25, 0.3) is 0 Å². The minimum absolute atomic E-state index is 0.528. The van der Waals surface area contributed by atoms with Gasteiger partial charge in [0.1, 0.15) is 0 Å². The second-order valence-electron chi connectivity index (χ2n) is 3.84. The van der Waals surface area contributed by atoms with Gasteiger partial charge in [0.15, 0.2) is 0 Å². The van der Waals surface area contributed by atoms with E-state index < -0.39 is 0 Å². The van der Waals surface area contributed by atoms with Gasteiger partial charge in [-0.3, -0.25) is 4.90 Å². The van der Waals surface area contributed by atoms with Gasteiger partial charge in [0, 0.05) is 18.1 Å². The number of likely N-dealkylation sites (N-methyl/N-ethyl adjacent to an activating group) is 1. The summed E-state index contributed by atoms with van der Waals surface area (Å²) in [6, 6.07) is 11.1. The summed E-state index contributed by atoms with van der Waals surface area (Å²) in [5, 5.41) is 0. The fourth-order valence-electron chi connectivity index (χ4n) is 1.50. The van der Waals surface area contributed by atoms with Gasteiger partial charge in [-0.05, 0) is 26.0 Å². The number of nitrogens with zero attached hydrogens (tertiary/aromatic N) is 1. The van der Waals surface area contributed by atoms with Crippen molar-refractivity contribution in [3.63, 3.8) is 0 Å². The van der Waals surface area contributed by atoms with Crippen molar-refractivity contribution in [2.75, 3.05) is 13.6 Å². The molecule has 0 aliphatic carbocycles. The molecule has 0 aliphatic rings. The van der Waals surface area contributed by atoms with Crippen LogP contribution in [0.1, 0.15) is 12.5 Å². The van der Waals surface area contributed by atoms with E-state index in [2.05, 4.69) is 43.1 Å². The minimum atomic E-state index is 0.528. The molecule has 1 unspecified atom stereocenters. The Morgan fingerprint density at radius 1 is 1.33 bits per heavy atom. The van der Waals surface area contributed by atoms with Crippen LogP contribution in [0.4, 0.5) is 0 Å². The van der Waals surface area contributed by atoms with E-state index in [4.69, 9.17) is 11.6 Å². The molecule has 0 aliphatic heterocycles. The van der Waals surface area contributed by atoms with E-state index in [0.29, 0.717) is 6.04 Å². The predicted octanol–water partition coefficient (Wildman–Crippen LogP) is 3.30. The normalized spacial score (nSPS) is 13.6. The summed E-state index contributed by atoms with van der Waals surface area (Å²) in [5.41, 5.74) is 2.96. The third kappa shape index (κ3) is 4.50. The smallest absolute Gasteiger partial charge is 0.0174 e. The van der Waals surface area contributed by atoms with Gasteiger partial charge in [-0.15, -0.1) is 0 Å². The summed E-state index contributed by atoms with van der Waals surface area (Å²) in [4.78, 5) is 2.28. The maximum Gasteiger partial charge on any atom is 0.0174 e. The molecule has 1 rings (SSSR count). The lowest BCUT2D eigenvalue weighted by Gasteiger charge is -2.23. The molecule has 1 aromatic rings. The van der Waals surface area contributed by atoms with Crippen LogP contribution in [0.5, 0.6) is 0 Å². The number of hydrogen-bond donors (Lipinski definition) is 0. The predicted molar refractivity (Wildman–Crippen MR) is 67.2 cm³/mol. The fourth-order valence-corrected chi connectivity index (χ4v) is 1.58. The van der Waals surface area contributed by atoms with Crippen LogP contribution in [0.3, 0.4) is 0 Å². The molecule has 1 nitrogen and oxygen atoms in total. The summed E-state index contributed by atoms with van der Waals surface area (Å²) < 4.78 is 0. The molecule has 0 aromatic heterocycles. The third-order valence-electron chi connectivity index (χ3n) is 2.61. The Morgan fingerprint density at radius 2 is 2.00 bits per heavy atom. The Bertz CT molecular complexity index is 295. The first-order valence-electron chi connectivity index (χ1n) is 5.23. The van der Waals surface area contributed by atoms with Crippen molar-refractivity contribution < 1.29 is 0 Å². The van der Waals surface area contributed by atoms with Crippen molar-refractivity contribution >= 4 is 11.6 Å². The van der Waals surface area contributed by atoms with Crippen LogP contribution in [0.25, 0.3) is 0 Å². The second-order valence-corrected chi connectivity index (χ2v) is 4.09. The molecule has 0 fully saturated rings. The average molecular weight is 224 g/mol. The molecule has 2 heteroatoms. The molecule has 0 N–H and O–H groups in total. The number of hydrogen-bond acceptors (Lipinski definition) is 1. The minimum Gasteiger partial charge on any atom is -0.300 e. The summed E-state index contributed by atoms with van der Waals surface area (Å²) >= 11 is 5.50. The van der Waals surface area contributed by atoms with Crippen LogP contribution in [0.2, 0.25) is 0 Å². The molecule has 82 valence electrons. The van der Waals surface area contributed by atoms with E-state index in [1.807, 2.05) is 12.1 Å². The Labute approximate surface area is 97.4 Å². The highest BCUT2D eigenvalue weighted by atomic mass is 35.5. The van der Waals surface area contributed by atoms with Crippen LogP contribution >= 0.6 is 11.6 Å². The Balaban J connectivity index is 2.44. The van der Waals surface area contributed by atoms with Crippen LogP contribution in [-0.4, -0.2) is 24.5 Å². The van der Waals surface area contributed by atoms with Gasteiger partial charge in [0.2, 0.25) is 0 Å². The van der Waals surface area contributed by atoms with Gasteiger partial charge in [-0.25, -0.2) is 0 Å². The molecule has 0 amide bonds. The molecule has 0 saturated carbocycles. The molecule has 0 spiro atoms. The quantitative estimate of drug-likeness (QED) is 0.741. The van der Waals surface area contributed by atoms with Crippen molar-refractivity contribution in [3.05, 3.63) is 47.5 Å². The molecule has 0 bridgehead atoms. The Morgan fingerprint density at radius 3 is 2.60 bits per heavy atom. The summed E-state index contributed by atoms with van der Waals surface area (Å²) in [6.07, 6.45) is 3.04. The molecule has 0 saturated heterocycles. The first kappa shape index (κ1) is 12.3. The maximum absolute atomic E-state index is 5.50. The van der Waals surface area contributed by atoms with E-state index in [-0.39, 0.29) is 0 Å². The second kappa shape index (κ2) is 6.65. The number of rotatable bonds is 5. The van der Waals surface area contributed by atoms with Crippen molar-refractivity contribution in [1.29, 1.82) is 0 Å². The van der Waals surface area contributed by atoms with Gasteiger partial charge >= 0.3 is 0 Å². The molecule has 0 heterocycles. The van der Waals surface area contributed by atoms with E-state index in [1.54, 1.807) is 5.54 Å². The van der Waals surface area contributed by atoms with E-state index in [9.17, 15) is 0 Å². The standard InChI is InChI=1S/C13H18ClN/c1-12(15(2)10-6-9-14)11-13-7-4-3-5-8-13/h3-9,12H,10-11H2,1-2H3/b9-6-. The molecule has 0 radical (unpaired) electrons. The Hall–Kier alpha value is -0.790. The highest BCUT2D eigenvalue weighted by Crippen LogP contribution is 2.07. The van der Waals surface area contributed by atoms with Crippen LogP contribution in [-0.2, 0) is 6.42 Å². The zero-order valence-electron chi connectivity index (χ0n) is 9.36. The van der Waals surface area contributed by atoms with Crippen molar-refractivity contribution in [2.24, 2.45) is 0 Å². The maximum atomic E-state index is 5.50. The molecular weight excluding hydrogens is 206 g/mol. The van der Waals surface area contributed by atoms with Crippen molar-refractivity contribution in [2.45, 2.75) is 19.4 Å². The van der Waals surface area contributed by atoms with Crippen molar-refractivity contribution in [3.8, 4) is 0 Å². The lowest BCUT2D eigenvalue weighted by Crippen LogP contribution is -2.30. The molecule has 1 aromatic carbocycles. The lowest BCUT2D eigenvalue weighted by atomic mass is 10.1. The molecular formula is C13H18ClN. The average Bonchev–Trinajstić information content (AvgIpc) is 2.27. The number of benzene rings is 1. The fraction of sp³-hybridized carbons (Fsp3) is 0.385. The molecule has 1 atom stereocenters. The third-order valence-corrected chi connectivity index (χ3v) is 2.79. The van der Waals surface area contributed by atoms with Crippen molar-refractivity contribution in [1.82, 2.24) is 4.90 Å². The Kier molecular flexibility index (Phi) is 5.44. The monoisotopic (exact) mass is 223 g/mol. The molecule has 15 heavy (non-hydrogen) atoms. The topological polar surface area (TPSA) is 3.24 Å². The van der Waals surface area contributed by atoms with Crippen LogP contribution in [0, 0.1) is 0 Å². The lowest BCUT2D eigenvalue weighted by molar-refractivity contribution is 0.283. The van der Waals surface area contributed by atoms with Gasteiger partial charge < -0.3 is 0 Å². The van der Waals surface area contributed by atoms with Crippen LogP contribution in [0.15, 0.2) is 41.9 Å². The van der Waals surface area contributed by atoms with Gasteiger partial charge in [-0.2, -0.15) is 0 Å². The zero-order chi connectivity index (χ0) is 11.1. The SMILES string of the molecule is CC(Cc1ccccc1)N(C)C/C=C\Cl. The first-order chi connectivity index (χ1) is 7.24. The largest absolute Gasteiger partial charge is 0.300 e. The first-order valence-corrected chi connectivity index (χ1v) is 5.67. The van der Waals surface area contributed by atoms with E-state index in [0.717, 1.165) is 13.0 Å². The number of halogens is 1. The van der Waals surface area contributed by atoms with Gasteiger partial charge in [0.05, 0.1) is 0 Å². The zero-order valence-corrected chi connectivity index (χ0v) is 10.1. The van der Waals surface area contributed by atoms with Crippen LogP contribution < -0.4 is 0 Å². The highest BCUT2D eigenvalue weighted by Gasteiger charge is 2.07. The summed E-state index contributed by atoms with van der Waals surface area (Å²) in [6.45, 7) is 3.13. The van der Waals surface area contributed by atoms with E-state index >= 15 is 0 Å². The summed E-state index contributed by atoms with van der Waals surface area (Å²) in [5.74, 6) is 0. The van der Waals surface area contributed by atoms with E-state index in [1.165, 1.54) is 5.56 Å². The summed E-state index contributed by atoms with van der Waals surface area (Å²) in [7, 11) is 2.12. The van der Waals surface area contributed by atoms with Gasteiger partial charge in [-0.1, -0.05) is 48.0 Å².